The molecule has 18 heavy (non-hydrogen) atoms. The molecule has 1 N–H and O–H groups in total. The number of hydrogen-bond donors (Lipinski definition) is 1. The summed E-state index contributed by atoms with van der Waals surface area (Å²) in [6.07, 6.45) is 7.58. The largest absolute Gasteiger partial charge is 0.271 e. The minimum Gasteiger partial charge on any atom is -0.267 e. The molecule has 0 aliphatic carbocycles. The predicted octanol–water partition coefficient (Wildman–Crippen LogP) is 3.68. The topological polar surface area (TPSA) is 41.5 Å². The average Bonchev–Trinajstić information content (AvgIpc) is 2.38. The number of aryl methyl sites for hydroxylation is 1. The molecule has 0 saturated carbocycles. The molecule has 0 spiro atoms. The lowest BCUT2D eigenvalue weighted by atomic mass is 10.1. The highest BCUT2D eigenvalue weighted by Gasteiger charge is 2.02. The van der Waals surface area contributed by atoms with E-state index in [1.165, 1.54) is 19.3 Å². The van der Waals surface area contributed by atoms with Gasteiger partial charge in [0.15, 0.2) is 0 Å². The van der Waals surface area contributed by atoms with Crippen molar-refractivity contribution in [3.63, 3.8) is 0 Å². The van der Waals surface area contributed by atoms with Gasteiger partial charge in [0.2, 0.25) is 0 Å². The van der Waals surface area contributed by atoms with Crippen LogP contribution in [0.5, 0.6) is 0 Å². The molecule has 3 heteroatoms. The fraction of sp³-hybridized carbons (Fsp3) is 0.467. The Hall–Kier alpha value is -1.64. The Morgan fingerprint density at radius 2 is 1.94 bits per heavy atom. The smallest absolute Gasteiger partial charge is 0.267 e. The van der Waals surface area contributed by atoms with Crippen molar-refractivity contribution in [3.8, 4) is 0 Å². The fourth-order valence-corrected chi connectivity index (χ4v) is 1.60. The van der Waals surface area contributed by atoms with E-state index in [4.69, 9.17) is 0 Å². The SMILES string of the molecule is CCCCCCC=NNC(=O)c1ccc(C)cc1. The summed E-state index contributed by atoms with van der Waals surface area (Å²) in [4.78, 5) is 11.7. The number of carbonyl (C=O) groups is 1. The summed E-state index contributed by atoms with van der Waals surface area (Å²) in [7, 11) is 0. The van der Waals surface area contributed by atoms with Crippen molar-refractivity contribution in [2.24, 2.45) is 5.10 Å². The molecule has 1 aromatic carbocycles. The Morgan fingerprint density at radius 3 is 2.61 bits per heavy atom. The number of hydrogen-bond acceptors (Lipinski definition) is 2. The standard InChI is InChI=1S/C15H22N2O/c1-3-4-5-6-7-12-16-17-15(18)14-10-8-13(2)9-11-14/h8-12H,3-7H2,1-2H3,(H,17,18). The number of nitrogens with one attached hydrogen (secondary N) is 1. The minimum absolute atomic E-state index is 0.153. The zero-order valence-corrected chi connectivity index (χ0v) is 11.3. The quantitative estimate of drug-likeness (QED) is 0.445. The molecule has 0 bridgehead atoms. The molecule has 0 fully saturated rings. The molecule has 0 aromatic heterocycles. The molecule has 98 valence electrons. The van der Waals surface area contributed by atoms with E-state index in [1.807, 2.05) is 19.1 Å². The summed E-state index contributed by atoms with van der Waals surface area (Å²) in [6.45, 7) is 4.19. The van der Waals surface area contributed by atoms with Crippen molar-refractivity contribution in [1.82, 2.24) is 5.43 Å². The molecule has 0 radical (unpaired) electrons. The van der Waals surface area contributed by atoms with Crippen LogP contribution in [0.4, 0.5) is 0 Å². The molecular formula is C15H22N2O. The molecule has 1 aromatic rings. The predicted molar refractivity (Wildman–Crippen MR) is 75.9 cm³/mol. The normalized spacial score (nSPS) is 10.8. The van der Waals surface area contributed by atoms with Crippen LogP contribution in [0.2, 0.25) is 0 Å². The lowest BCUT2D eigenvalue weighted by Crippen LogP contribution is -2.17. The molecule has 0 aliphatic rings. The summed E-state index contributed by atoms with van der Waals surface area (Å²) >= 11 is 0. The van der Waals surface area contributed by atoms with Crippen molar-refractivity contribution >= 4 is 12.1 Å². The van der Waals surface area contributed by atoms with Crippen LogP contribution in [0.25, 0.3) is 0 Å². The maximum absolute atomic E-state index is 11.7. The first-order valence-corrected chi connectivity index (χ1v) is 6.62. The van der Waals surface area contributed by atoms with Crippen LogP contribution < -0.4 is 5.43 Å². The van der Waals surface area contributed by atoms with Gasteiger partial charge in [-0.1, -0.05) is 43.9 Å². The maximum Gasteiger partial charge on any atom is 0.271 e. The van der Waals surface area contributed by atoms with Gasteiger partial charge >= 0.3 is 0 Å². The third-order valence-electron chi connectivity index (χ3n) is 2.76. The van der Waals surface area contributed by atoms with Crippen molar-refractivity contribution in [1.29, 1.82) is 0 Å². The molecule has 1 amide bonds. The summed E-state index contributed by atoms with van der Waals surface area (Å²) < 4.78 is 0. The fourth-order valence-electron chi connectivity index (χ4n) is 1.60. The van der Waals surface area contributed by atoms with Crippen LogP contribution >= 0.6 is 0 Å². The summed E-state index contributed by atoms with van der Waals surface area (Å²) in [5.41, 5.74) is 4.33. The van der Waals surface area contributed by atoms with Gasteiger partial charge in [-0.25, -0.2) is 5.43 Å². The zero-order valence-electron chi connectivity index (χ0n) is 11.3. The number of amides is 1. The van der Waals surface area contributed by atoms with E-state index < -0.39 is 0 Å². The van der Waals surface area contributed by atoms with E-state index in [1.54, 1.807) is 18.3 Å². The third kappa shape index (κ3) is 5.62. The number of nitrogens with zero attached hydrogens (tertiary/aromatic N) is 1. The van der Waals surface area contributed by atoms with E-state index >= 15 is 0 Å². The zero-order chi connectivity index (χ0) is 13.2. The van der Waals surface area contributed by atoms with Crippen LogP contribution in [0.3, 0.4) is 0 Å². The number of benzene rings is 1. The Morgan fingerprint density at radius 1 is 1.22 bits per heavy atom. The van der Waals surface area contributed by atoms with E-state index in [9.17, 15) is 4.79 Å². The second-order valence-corrected chi connectivity index (χ2v) is 4.47. The van der Waals surface area contributed by atoms with Gasteiger partial charge in [0, 0.05) is 11.8 Å². The summed E-state index contributed by atoms with van der Waals surface area (Å²) in [5, 5.41) is 3.94. The minimum atomic E-state index is -0.153. The molecule has 0 heterocycles. The molecular weight excluding hydrogens is 224 g/mol. The van der Waals surface area contributed by atoms with Crippen molar-refractivity contribution in [2.45, 2.75) is 46.0 Å². The molecule has 0 saturated heterocycles. The summed E-state index contributed by atoms with van der Waals surface area (Å²) in [6, 6.07) is 7.45. The Balaban J connectivity index is 2.24. The maximum atomic E-state index is 11.7. The molecule has 1 rings (SSSR count). The van der Waals surface area contributed by atoms with E-state index in [2.05, 4.69) is 17.5 Å². The van der Waals surface area contributed by atoms with Crippen molar-refractivity contribution in [3.05, 3.63) is 35.4 Å². The molecule has 0 atom stereocenters. The first kappa shape index (κ1) is 14.4. The van der Waals surface area contributed by atoms with Crippen LogP contribution in [0.1, 0.15) is 54.9 Å². The first-order chi connectivity index (χ1) is 8.74. The number of rotatable bonds is 7. The van der Waals surface area contributed by atoms with Crippen LogP contribution in [0, 0.1) is 6.92 Å². The average molecular weight is 246 g/mol. The summed E-state index contributed by atoms with van der Waals surface area (Å²) in [5.74, 6) is -0.153. The highest BCUT2D eigenvalue weighted by molar-refractivity contribution is 5.94. The van der Waals surface area contributed by atoms with E-state index in [0.717, 1.165) is 18.4 Å². The van der Waals surface area contributed by atoms with Gasteiger partial charge in [-0.15, -0.1) is 0 Å². The van der Waals surface area contributed by atoms with Crippen LogP contribution in [-0.4, -0.2) is 12.1 Å². The molecule has 3 nitrogen and oxygen atoms in total. The second-order valence-electron chi connectivity index (χ2n) is 4.47. The third-order valence-corrected chi connectivity index (χ3v) is 2.76. The van der Waals surface area contributed by atoms with Gasteiger partial charge in [0.1, 0.15) is 0 Å². The Bertz CT molecular complexity index is 382. The monoisotopic (exact) mass is 246 g/mol. The Labute approximate surface area is 109 Å². The highest BCUT2D eigenvalue weighted by Crippen LogP contribution is 2.03. The van der Waals surface area contributed by atoms with Crippen molar-refractivity contribution < 1.29 is 4.79 Å². The lowest BCUT2D eigenvalue weighted by molar-refractivity contribution is 0.0955. The van der Waals surface area contributed by atoms with E-state index in [-0.39, 0.29) is 5.91 Å². The number of carbonyl (C=O) groups excluding carboxylic acids is 1. The highest BCUT2D eigenvalue weighted by atomic mass is 16.2. The number of hydrazone groups is 1. The van der Waals surface area contributed by atoms with Crippen LogP contribution in [-0.2, 0) is 0 Å². The van der Waals surface area contributed by atoms with Crippen LogP contribution in [0.15, 0.2) is 29.4 Å². The van der Waals surface area contributed by atoms with Crippen molar-refractivity contribution in [2.75, 3.05) is 0 Å². The van der Waals surface area contributed by atoms with Gasteiger partial charge < -0.3 is 0 Å². The van der Waals surface area contributed by atoms with E-state index in [0.29, 0.717) is 5.56 Å². The van der Waals surface area contributed by atoms with Gasteiger partial charge in [0.05, 0.1) is 0 Å². The van der Waals surface area contributed by atoms with Gasteiger partial charge in [-0.05, 0) is 31.9 Å². The molecule has 0 unspecified atom stereocenters. The second kappa shape index (κ2) is 8.45. The molecule has 0 aliphatic heterocycles. The van der Waals surface area contributed by atoms with Gasteiger partial charge in [-0.2, -0.15) is 5.10 Å². The first-order valence-electron chi connectivity index (χ1n) is 6.62. The number of unbranched alkanes of at least 4 members (excludes halogenated alkanes) is 4. The Kier molecular flexibility index (Phi) is 6.77. The van der Waals surface area contributed by atoms with Gasteiger partial charge in [0.25, 0.3) is 5.91 Å². The lowest BCUT2D eigenvalue weighted by Gasteiger charge is -2.00. The van der Waals surface area contributed by atoms with Gasteiger partial charge in [-0.3, -0.25) is 4.79 Å².